The molecule has 0 atom stereocenters. The number of para-hydroxylation sites is 2. The number of hydrogen-bond acceptors (Lipinski definition) is 5. The largest absolute Gasteiger partial charge is 0.482 e. The van der Waals surface area contributed by atoms with E-state index in [1.807, 2.05) is 31.2 Å². The highest BCUT2D eigenvalue weighted by Gasteiger charge is 2.27. The lowest BCUT2D eigenvalue weighted by atomic mass is 10.1. The molecule has 6 nitrogen and oxygen atoms in total. The number of nitrogens with zero attached hydrogens (tertiary/aromatic N) is 2. The smallest absolute Gasteiger partial charge is 0.265 e. The van der Waals surface area contributed by atoms with Gasteiger partial charge in [-0.15, -0.1) is 11.3 Å². The van der Waals surface area contributed by atoms with Gasteiger partial charge in [0.05, 0.1) is 5.69 Å². The second kappa shape index (κ2) is 8.23. The molecule has 1 aromatic heterocycles. The van der Waals surface area contributed by atoms with Crippen LogP contribution in [-0.2, 0) is 16.0 Å². The van der Waals surface area contributed by atoms with Crippen LogP contribution in [0.5, 0.6) is 5.75 Å². The summed E-state index contributed by atoms with van der Waals surface area (Å²) in [6, 6.07) is 13.1. The quantitative estimate of drug-likeness (QED) is 0.666. The summed E-state index contributed by atoms with van der Waals surface area (Å²) in [7, 11) is 0. The Bertz CT molecular complexity index is 1080. The molecule has 0 fully saturated rings. The Balaban J connectivity index is 1.41. The van der Waals surface area contributed by atoms with E-state index in [4.69, 9.17) is 16.3 Å². The van der Waals surface area contributed by atoms with E-state index in [1.165, 1.54) is 16.2 Å². The number of aryl methyl sites for hydroxylation is 1. The molecular weight excluding hydrogens is 410 g/mol. The van der Waals surface area contributed by atoms with Crippen molar-refractivity contribution < 1.29 is 14.3 Å². The van der Waals surface area contributed by atoms with E-state index in [2.05, 4.69) is 10.3 Å². The summed E-state index contributed by atoms with van der Waals surface area (Å²) < 4.78 is 5.40. The molecule has 0 saturated carbocycles. The van der Waals surface area contributed by atoms with Gasteiger partial charge in [-0.1, -0.05) is 35.9 Å². The summed E-state index contributed by atoms with van der Waals surface area (Å²) in [5.74, 6) is 0.0254. The Morgan fingerprint density at radius 2 is 2.14 bits per heavy atom. The fraction of sp³-hybridized carbons (Fsp3) is 0.190. The molecule has 0 spiro atoms. The van der Waals surface area contributed by atoms with Crippen LogP contribution in [0.25, 0.3) is 0 Å². The lowest BCUT2D eigenvalue weighted by molar-refractivity contribution is -0.123. The van der Waals surface area contributed by atoms with Gasteiger partial charge in [-0.05, 0) is 36.2 Å². The summed E-state index contributed by atoms with van der Waals surface area (Å²) in [5, 5.41) is 4.00. The number of carbonyl (C=O) groups excluding carboxylic acids is 2. The van der Waals surface area contributed by atoms with Crippen molar-refractivity contribution >= 4 is 45.6 Å². The number of halogens is 1. The molecule has 1 aliphatic rings. The van der Waals surface area contributed by atoms with Gasteiger partial charge in [0, 0.05) is 22.5 Å². The maximum Gasteiger partial charge on any atom is 0.265 e. The lowest BCUT2D eigenvalue weighted by Gasteiger charge is -2.28. The monoisotopic (exact) mass is 427 g/mol. The Hall–Kier alpha value is -2.90. The summed E-state index contributed by atoms with van der Waals surface area (Å²) in [5.41, 5.74) is 2.71. The Kier molecular flexibility index (Phi) is 5.51. The van der Waals surface area contributed by atoms with Crippen LogP contribution in [-0.4, -0.2) is 29.9 Å². The zero-order valence-corrected chi connectivity index (χ0v) is 17.2. The normalized spacial score (nSPS) is 13.0. The number of fused-ring (bicyclic) bond motifs is 1. The van der Waals surface area contributed by atoms with Crippen molar-refractivity contribution in [2.45, 2.75) is 13.3 Å². The van der Waals surface area contributed by atoms with Gasteiger partial charge in [0.25, 0.3) is 5.91 Å². The second-order valence-electron chi connectivity index (χ2n) is 6.68. The van der Waals surface area contributed by atoms with Crippen LogP contribution < -0.4 is 15.0 Å². The van der Waals surface area contributed by atoms with E-state index in [0.717, 1.165) is 21.0 Å². The summed E-state index contributed by atoms with van der Waals surface area (Å²) >= 11 is 7.58. The van der Waals surface area contributed by atoms with E-state index < -0.39 is 0 Å². The first-order valence-corrected chi connectivity index (χ1v) is 10.2. The molecule has 4 rings (SSSR count). The topological polar surface area (TPSA) is 71.5 Å². The van der Waals surface area contributed by atoms with Crippen molar-refractivity contribution in [3.05, 3.63) is 69.7 Å². The maximum absolute atomic E-state index is 12.5. The second-order valence-corrected chi connectivity index (χ2v) is 8.20. The molecule has 3 aromatic rings. The maximum atomic E-state index is 12.5. The van der Waals surface area contributed by atoms with Gasteiger partial charge in [-0.2, -0.15) is 0 Å². The average molecular weight is 428 g/mol. The number of aromatic nitrogens is 1. The van der Waals surface area contributed by atoms with Gasteiger partial charge in [-0.25, -0.2) is 4.98 Å². The zero-order chi connectivity index (χ0) is 20.4. The van der Waals surface area contributed by atoms with E-state index in [-0.39, 0.29) is 25.0 Å². The Morgan fingerprint density at radius 1 is 1.31 bits per heavy atom. The van der Waals surface area contributed by atoms with Crippen molar-refractivity contribution in [1.82, 2.24) is 4.98 Å². The molecule has 2 amide bonds. The van der Waals surface area contributed by atoms with Crippen LogP contribution in [0.3, 0.4) is 0 Å². The first kappa shape index (κ1) is 19.4. The number of carbonyl (C=O) groups is 2. The predicted molar refractivity (Wildman–Crippen MR) is 114 cm³/mol. The van der Waals surface area contributed by atoms with Crippen molar-refractivity contribution in [3.8, 4) is 5.75 Å². The highest BCUT2D eigenvalue weighted by Crippen LogP contribution is 2.31. The van der Waals surface area contributed by atoms with Gasteiger partial charge in [0.15, 0.2) is 11.7 Å². The Labute approximate surface area is 177 Å². The van der Waals surface area contributed by atoms with Crippen molar-refractivity contribution in [2.24, 2.45) is 0 Å². The molecule has 0 aliphatic carbocycles. The first-order chi connectivity index (χ1) is 14.0. The highest BCUT2D eigenvalue weighted by molar-refractivity contribution is 7.15. The highest BCUT2D eigenvalue weighted by atomic mass is 35.5. The molecule has 1 N–H and O–H groups in total. The molecule has 1 aliphatic heterocycles. The van der Waals surface area contributed by atoms with E-state index in [0.29, 0.717) is 23.0 Å². The average Bonchev–Trinajstić information content (AvgIpc) is 3.13. The Morgan fingerprint density at radius 3 is 2.97 bits per heavy atom. The molecule has 0 radical (unpaired) electrons. The van der Waals surface area contributed by atoms with Gasteiger partial charge in [-0.3, -0.25) is 14.5 Å². The van der Waals surface area contributed by atoms with Crippen LogP contribution >= 0.6 is 22.9 Å². The third kappa shape index (κ3) is 4.41. The lowest BCUT2D eigenvalue weighted by Crippen LogP contribution is -2.43. The number of hydrogen-bond donors (Lipinski definition) is 1. The van der Waals surface area contributed by atoms with E-state index >= 15 is 0 Å². The van der Waals surface area contributed by atoms with Gasteiger partial charge in [0.2, 0.25) is 5.91 Å². The fourth-order valence-electron chi connectivity index (χ4n) is 3.02. The van der Waals surface area contributed by atoms with Crippen molar-refractivity contribution in [2.75, 3.05) is 23.4 Å². The molecule has 0 saturated heterocycles. The summed E-state index contributed by atoms with van der Waals surface area (Å²) in [6.45, 7) is 1.79. The molecule has 8 heteroatoms. The summed E-state index contributed by atoms with van der Waals surface area (Å²) in [4.78, 5) is 31.4. The number of ether oxygens (including phenoxy) is 1. The number of amides is 2. The predicted octanol–water partition coefficient (Wildman–Crippen LogP) is 4.06. The number of rotatable bonds is 5. The fourth-order valence-corrected chi connectivity index (χ4v) is 4.09. The number of thiazole rings is 1. The first-order valence-electron chi connectivity index (χ1n) is 9.01. The van der Waals surface area contributed by atoms with Crippen LogP contribution in [0.2, 0.25) is 5.02 Å². The van der Waals surface area contributed by atoms with Crippen LogP contribution in [0.1, 0.15) is 16.0 Å². The van der Waals surface area contributed by atoms with Crippen LogP contribution in [0.4, 0.5) is 10.8 Å². The van der Waals surface area contributed by atoms with E-state index in [1.54, 1.807) is 24.4 Å². The minimum absolute atomic E-state index is 0.0786. The minimum Gasteiger partial charge on any atom is -0.482 e. The molecule has 2 heterocycles. The van der Waals surface area contributed by atoms with Crippen molar-refractivity contribution in [3.63, 3.8) is 0 Å². The molecule has 148 valence electrons. The minimum atomic E-state index is -0.311. The number of nitrogens with one attached hydrogen (secondary N) is 1. The number of anilines is 2. The molecule has 2 aromatic carbocycles. The third-order valence-electron chi connectivity index (χ3n) is 4.52. The third-order valence-corrected chi connectivity index (χ3v) is 5.84. The zero-order valence-electron chi connectivity index (χ0n) is 15.6. The van der Waals surface area contributed by atoms with Crippen molar-refractivity contribution in [1.29, 1.82) is 0 Å². The molecule has 0 bridgehead atoms. The molecular formula is C21H18ClN3O3S. The van der Waals surface area contributed by atoms with Gasteiger partial charge >= 0.3 is 0 Å². The SMILES string of the molecule is Cc1ccc(Cc2cnc(NC(=O)CN3C(=O)COc4ccccc43)s2)cc1Cl. The van der Waals surface area contributed by atoms with Crippen LogP contribution in [0.15, 0.2) is 48.7 Å². The molecule has 0 unspecified atom stereocenters. The summed E-state index contributed by atoms with van der Waals surface area (Å²) in [6.07, 6.45) is 2.42. The molecule has 29 heavy (non-hydrogen) atoms. The van der Waals surface area contributed by atoms with Crippen LogP contribution in [0, 0.1) is 6.92 Å². The van der Waals surface area contributed by atoms with E-state index in [9.17, 15) is 9.59 Å². The van der Waals surface area contributed by atoms with Gasteiger partial charge in [0.1, 0.15) is 12.3 Å². The number of benzene rings is 2. The van der Waals surface area contributed by atoms with Gasteiger partial charge < -0.3 is 10.1 Å². The standard InChI is InChI=1S/C21H18ClN3O3S/c1-13-6-7-14(9-16(13)22)8-15-10-23-21(29-15)24-19(26)11-25-17-4-2-3-5-18(17)28-12-20(25)27/h2-7,9-10H,8,11-12H2,1H3,(H,23,24,26).